The second kappa shape index (κ2) is 10.9. The number of hydrogen-bond donors (Lipinski definition) is 1. The van der Waals surface area contributed by atoms with Gasteiger partial charge in [-0.1, -0.05) is 13.8 Å². The van der Waals surface area contributed by atoms with Crippen molar-refractivity contribution in [2.45, 2.75) is 20.3 Å². The molecule has 1 amide bonds. The van der Waals surface area contributed by atoms with Gasteiger partial charge in [-0.25, -0.2) is 0 Å². The van der Waals surface area contributed by atoms with Crippen LogP contribution >= 0.6 is 24.8 Å². The van der Waals surface area contributed by atoms with Crippen LogP contribution in [0.5, 0.6) is 0 Å². The van der Waals surface area contributed by atoms with E-state index < -0.39 is 0 Å². The summed E-state index contributed by atoms with van der Waals surface area (Å²) in [5.41, 5.74) is 0. The number of hydrogen-bond acceptors (Lipinski definition) is 3. The van der Waals surface area contributed by atoms with Crippen molar-refractivity contribution in [2.24, 2.45) is 5.92 Å². The third kappa shape index (κ3) is 6.23. The smallest absolute Gasteiger partial charge is 0.236 e. The molecular weight excluding hydrogens is 273 g/mol. The van der Waals surface area contributed by atoms with Crippen LogP contribution in [0.1, 0.15) is 20.3 Å². The van der Waals surface area contributed by atoms with Crippen molar-refractivity contribution in [3.63, 3.8) is 0 Å². The molecule has 1 aliphatic rings. The van der Waals surface area contributed by atoms with Crippen molar-refractivity contribution < 1.29 is 4.79 Å². The van der Waals surface area contributed by atoms with Gasteiger partial charge in [-0.05, 0) is 39.0 Å². The van der Waals surface area contributed by atoms with E-state index in [1.54, 1.807) is 0 Å². The fourth-order valence-corrected chi connectivity index (χ4v) is 2.25. The molecule has 0 bridgehead atoms. The number of nitrogens with one attached hydrogen (secondary N) is 1. The van der Waals surface area contributed by atoms with E-state index in [9.17, 15) is 4.79 Å². The maximum atomic E-state index is 12.0. The summed E-state index contributed by atoms with van der Waals surface area (Å²) in [6.07, 6.45) is 1.14. The SMILES string of the molecule is CCN(CC)CC(=O)N1CCC(CNC)C1.Cl.Cl. The largest absolute Gasteiger partial charge is 0.341 e. The van der Waals surface area contributed by atoms with E-state index in [0.29, 0.717) is 18.4 Å². The molecule has 1 fully saturated rings. The van der Waals surface area contributed by atoms with Crippen molar-refractivity contribution in [3.05, 3.63) is 0 Å². The molecule has 0 saturated carbocycles. The normalized spacial score (nSPS) is 18.4. The average Bonchev–Trinajstić information content (AvgIpc) is 2.74. The highest BCUT2D eigenvalue weighted by molar-refractivity contribution is 5.85. The van der Waals surface area contributed by atoms with Gasteiger partial charge >= 0.3 is 0 Å². The van der Waals surface area contributed by atoms with Gasteiger partial charge in [0.25, 0.3) is 0 Å². The Morgan fingerprint density at radius 1 is 1.33 bits per heavy atom. The van der Waals surface area contributed by atoms with Crippen molar-refractivity contribution in [2.75, 3.05) is 46.3 Å². The molecule has 1 saturated heterocycles. The number of rotatable bonds is 6. The van der Waals surface area contributed by atoms with Crippen molar-refractivity contribution >= 4 is 30.7 Å². The zero-order valence-electron chi connectivity index (χ0n) is 11.6. The third-order valence-corrected chi connectivity index (χ3v) is 3.38. The summed E-state index contributed by atoms with van der Waals surface area (Å²) in [6.45, 7) is 9.59. The van der Waals surface area contributed by atoms with Crippen LogP contribution in [-0.2, 0) is 4.79 Å². The highest BCUT2D eigenvalue weighted by Crippen LogP contribution is 2.15. The van der Waals surface area contributed by atoms with Gasteiger partial charge < -0.3 is 10.2 Å². The number of amides is 1. The molecule has 1 N–H and O–H groups in total. The Labute approximate surface area is 123 Å². The van der Waals surface area contributed by atoms with Gasteiger partial charge in [0.2, 0.25) is 5.91 Å². The lowest BCUT2D eigenvalue weighted by Gasteiger charge is -2.22. The molecular formula is C12H27Cl2N3O. The predicted molar refractivity (Wildman–Crippen MR) is 80.9 cm³/mol. The molecule has 0 aromatic heterocycles. The molecule has 0 aromatic rings. The number of halogens is 2. The molecule has 1 rings (SSSR count). The second-order valence-electron chi connectivity index (χ2n) is 4.51. The minimum absolute atomic E-state index is 0. The maximum absolute atomic E-state index is 12.0. The van der Waals surface area contributed by atoms with Gasteiger partial charge in [0.1, 0.15) is 0 Å². The van der Waals surface area contributed by atoms with E-state index in [1.807, 2.05) is 11.9 Å². The van der Waals surface area contributed by atoms with E-state index in [4.69, 9.17) is 0 Å². The van der Waals surface area contributed by atoms with Crippen LogP contribution in [-0.4, -0.2) is 62.0 Å². The first-order valence-corrected chi connectivity index (χ1v) is 6.35. The Hall–Kier alpha value is -0.0300. The molecule has 1 atom stereocenters. The maximum Gasteiger partial charge on any atom is 0.236 e. The molecule has 0 radical (unpaired) electrons. The zero-order chi connectivity index (χ0) is 12.0. The number of carbonyl (C=O) groups is 1. The summed E-state index contributed by atoms with van der Waals surface area (Å²) in [5.74, 6) is 0.938. The van der Waals surface area contributed by atoms with Gasteiger partial charge in [0, 0.05) is 13.1 Å². The van der Waals surface area contributed by atoms with Crippen LogP contribution in [0, 0.1) is 5.92 Å². The Bertz CT molecular complexity index is 225. The molecule has 0 spiro atoms. The minimum atomic E-state index is 0. The fourth-order valence-electron chi connectivity index (χ4n) is 2.25. The molecule has 4 nitrogen and oxygen atoms in total. The molecule has 1 aliphatic heterocycles. The third-order valence-electron chi connectivity index (χ3n) is 3.38. The first-order valence-electron chi connectivity index (χ1n) is 6.35. The lowest BCUT2D eigenvalue weighted by molar-refractivity contribution is -0.131. The van der Waals surface area contributed by atoms with Crippen molar-refractivity contribution in [3.8, 4) is 0 Å². The van der Waals surface area contributed by atoms with Gasteiger partial charge in [-0.3, -0.25) is 9.69 Å². The Morgan fingerprint density at radius 3 is 2.44 bits per heavy atom. The molecule has 0 aromatic carbocycles. The minimum Gasteiger partial charge on any atom is -0.341 e. The van der Waals surface area contributed by atoms with E-state index in [0.717, 1.165) is 39.1 Å². The Kier molecular flexibility index (Phi) is 12.2. The fraction of sp³-hybridized carbons (Fsp3) is 0.917. The first-order chi connectivity index (χ1) is 7.71. The monoisotopic (exact) mass is 299 g/mol. The number of carbonyl (C=O) groups excluding carboxylic acids is 1. The average molecular weight is 300 g/mol. The van der Waals surface area contributed by atoms with Crippen LogP contribution in [0.15, 0.2) is 0 Å². The van der Waals surface area contributed by atoms with Crippen molar-refractivity contribution in [1.29, 1.82) is 0 Å². The van der Waals surface area contributed by atoms with Gasteiger partial charge in [-0.2, -0.15) is 0 Å². The first kappa shape index (κ1) is 20.3. The molecule has 18 heavy (non-hydrogen) atoms. The van der Waals surface area contributed by atoms with E-state index >= 15 is 0 Å². The Balaban J connectivity index is 0. The van der Waals surface area contributed by atoms with Gasteiger partial charge in [0.05, 0.1) is 6.54 Å². The van der Waals surface area contributed by atoms with Gasteiger partial charge in [-0.15, -0.1) is 24.8 Å². The van der Waals surface area contributed by atoms with Crippen LogP contribution < -0.4 is 5.32 Å². The summed E-state index contributed by atoms with van der Waals surface area (Å²) in [4.78, 5) is 16.2. The molecule has 110 valence electrons. The number of likely N-dealkylation sites (N-methyl/N-ethyl adjacent to an activating group) is 1. The highest BCUT2D eigenvalue weighted by atomic mass is 35.5. The zero-order valence-corrected chi connectivity index (χ0v) is 13.3. The standard InChI is InChI=1S/C12H25N3O.2ClH/c1-4-14(5-2)10-12(16)15-7-6-11(9-15)8-13-3;;/h11,13H,4-10H2,1-3H3;2*1H. The summed E-state index contributed by atoms with van der Waals surface area (Å²) in [6, 6.07) is 0. The molecule has 0 aliphatic carbocycles. The van der Waals surface area contributed by atoms with Crippen molar-refractivity contribution in [1.82, 2.24) is 15.1 Å². The highest BCUT2D eigenvalue weighted by Gasteiger charge is 2.25. The van der Waals surface area contributed by atoms with Gasteiger partial charge in [0.15, 0.2) is 0 Å². The van der Waals surface area contributed by atoms with Crippen LogP contribution in [0.2, 0.25) is 0 Å². The number of nitrogens with zero attached hydrogens (tertiary/aromatic N) is 2. The summed E-state index contributed by atoms with van der Waals surface area (Å²) in [5, 5.41) is 3.18. The van der Waals surface area contributed by atoms with E-state index in [2.05, 4.69) is 24.1 Å². The lowest BCUT2D eigenvalue weighted by Crippen LogP contribution is -2.39. The van der Waals surface area contributed by atoms with E-state index in [1.165, 1.54) is 0 Å². The number of likely N-dealkylation sites (tertiary alicyclic amines) is 1. The van der Waals surface area contributed by atoms with E-state index in [-0.39, 0.29) is 24.8 Å². The summed E-state index contributed by atoms with van der Waals surface area (Å²) < 4.78 is 0. The van der Waals surface area contributed by atoms with Crippen LogP contribution in [0.3, 0.4) is 0 Å². The molecule has 6 heteroatoms. The van der Waals surface area contributed by atoms with Crippen LogP contribution in [0.25, 0.3) is 0 Å². The predicted octanol–water partition coefficient (Wildman–Crippen LogP) is 1.24. The summed E-state index contributed by atoms with van der Waals surface area (Å²) in [7, 11) is 1.97. The summed E-state index contributed by atoms with van der Waals surface area (Å²) >= 11 is 0. The second-order valence-corrected chi connectivity index (χ2v) is 4.51. The Morgan fingerprint density at radius 2 is 1.94 bits per heavy atom. The van der Waals surface area contributed by atoms with Crippen LogP contribution in [0.4, 0.5) is 0 Å². The molecule has 1 heterocycles. The lowest BCUT2D eigenvalue weighted by atomic mass is 10.1. The quantitative estimate of drug-likeness (QED) is 0.802. The topological polar surface area (TPSA) is 35.6 Å². The molecule has 1 unspecified atom stereocenters.